The van der Waals surface area contributed by atoms with E-state index in [0.29, 0.717) is 18.8 Å². The van der Waals surface area contributed by atoms with Crippen molar-refractivity contribution in [1.29, 1.82) is 0 Å². The van der Waals surface area contributed by atoms with E-state index in [9.17, 15) is 9.59 Å². The third-order valence-corrected chi connectivity index (χ3v) is 5.03. The lowest BCUT2D eigenvalue weighted by atomic mass is 10.1. The molecule has 1 aromatic carbocycles. The topological polar surface area (TPSA) is 188 Å². The fourth-order valence-corrected chi connectivity index (χ4v) is 3.01. The molecule has 1 heterocycles. The van der Waals surface area contributed by atoms with Crippen molar-refractivity contribution in [2.24, 2.45) is 5.73 Å². The maximum absolute atomic E-state index is 12.2. The van der Waals surface area contributed by atoms with Crippen LogP contribution in [0.4, 0.5) is 11.6 Å². The first-order valence-electron chi connectivity index (χ1n) is 11.0. The van der Waals surface area contributed by atoms with E-state index in [2.05, 4.69) is 25.6 Å². The van der Waals surface area contributed by atoms with Gasteiger partial charge in [-0.1, -0.05) is 23.7 Å². The van der Waals surface area contributed by atoms with Crippen LogP contribution in [0.5, 0.6) is 5.75 Å². The number of nitrogens with zero attached hydrogens (tertiary/aromatic N) is 3. The number of amides is 2. The highest BCUT2D eigenvalue weighted by Gasteiger charge is 2.19. The summed E-state index contributed by atoms with van der Waals surface area (Å²) in [4.78, 5) is 36.5. The highest BCUT2D eigenvalue weighted by Crippen LogP contribution is 2.17. The minimum Gasteiger partial charge on any atom is -0.484 e. The lowest BCUT2D eigenvalue weighted by molar-refractivity contribution is -0.460. The molecule has 0 radical (unpaired) electrons. The van der Waals surface area contributed by atoms with Crippen molar-refractivity contribution in [2.45, 2.75) is 19.3 Å². The van der Waals surface area contributed by atoms with E-state index in [1.807, 2.05) is 43.3 Å². The van der Waals surface area contributed by atoms with Gasteiger partial charge in [-0.15, -0.1) is 0 Å². The second-order valence-corrected chi connectivity index (χ2v) is 8.33. The molecule has 2 rings (SSSR count). The van der Waals surface area contributed by atoms with Crippen LogP contribution >= 0.6 is 11.6 Å². The highest BCUT2D eigenvalue weighted by atomic mass is 35.5. The van der Waals surface area contributed by atoms with Crippen molar-refractivity contribution in [3.63, 3.8) is 0 Å². The Morgan fingerprint density at radius 3 is 2.51 bits per heavy atom. The number of nitrogens with two attached hydrogens (primary N) is 3. The van der Waals surface area contributed by atoms with Gasteiger partial charge in [0.15, 0.2) is 29.1 Å². The molecule has 0 saturated carbocycles. The van der Waals surface area contributed by atoms with E-state index >= 15 is 0 Å². The first-order valence-corrected chi connectivity index (χ1v) is 11.4. The number of guanidine groups is 1. The summed E-state index contributed by atoms with van der Waals surface area (Å²) in [6.07, 6.45) is 2.57. The second-order valence-electron chi connectivity index (χ2n) is 7.97. The molecule has 2 amide bonds. The average molecular weight is 507 g/mol. The third kappa shape index (κ3) is 10.0. The van der Waals surface area contributed by atoms with Crippen molar-refractivity contribution in [2.75, 3.05) is 51.8 Å². The Labute approximate surface area is 209 Å². The summed E-state index contributed by atoms with van der Waals surface area (Å²) in [7, 11) is 3.89. The van der Waals surface area contributed by atoms with E-state index in [1.54, 1.807) is 0 Å². The summed E-state index contributed by atoms with van der Waals surface area (Å²) in [6, 6.07) is 7.63. The van der Waals surface area contributed by atoms with E-state index in [-0.39, 0.29) is 41.0 Å². The Bertz CT molecular complexity index is 1030. The Balaban J connectivity index is 1.67. The number of hydrogen-bond acceptors (Lipinski definition) is 8. The number of hydrogen-bond donors (Lipinski definition) is 6. The van der Waals surface area contributed by atoms with Crippen LogP contribution in [0.15, 0.2) is 24.3 Å². The predicted octanol–water partition coefficient (Wildman–Crippen LogP) is -1.50. The Kier molecular flexibility index (Phi) is 11.0. The van der Waals surface area contributed by atoms with Crippen LogP contribution in [0.25, 0.3) is 0 Å². The molecule has 0 unspecified atom stereocenters. The maximum Gasteiger partial charge on any atom is 0.348 e. The summed E-state index contributed by atoms with van der Waals surface area (Å²) in [5.74, 6) is -0.284. The van der Waals surface area contributed by atoms with Crippen LogP contribution in [0.1, 0.15) is 28.9 Å². The van der Waals surface area contributed by atoms with Crippen LogP contribution in [0, 0.1) is 0 Å². The average Bonchev–Trinajstić information content (AvgIpc) is 2.80. The fraction of sp³-hybridized carbons (Fsp3) is 0.409. The number of nitrogens with one attached hydrogen (secondary N) is 3. The molecule has 0 bridgehead atoms. The predicted molar refractivity (Wildman–Crippen MR) is 135 cm³/mol. The van der Waals surface area contributed by atoms with Crippen molar-refractivity contribution in [1.82, 2.24) is 25.5 Å². The van der Waals surface area contributed by atoms with Gasteiger partial charge in [0.2, 0.25) is 0 Å². The Hall–Kier alpha value is -3.64. The number of aromatic nitrogens is 2. The number of aryl methyl sites for hydroxylation is 1. The zero-order chi connectivity index (χ0) is 25.8. The van der Waals surface area contributed by atoms with Crippen molar-refractivity contribution < 1.29 is 19.3 Å². The van der Waals surface area contributed by atoms with Crippen LogP contribution in [-0.4, -0.2) is 73.0 Å². The first-order chi connectivity index (χ1) is 16.7. The van der Waals surface area contributed by atoms with Gasteiger partial charge in [0.1, 0.15) is 5.75 Å². The van der Waals surface area contributed by atoms with Gasteiger partial charge in [0.05, 0.1) is 6.54 Å². The molecule has 0 aliphatic rings. The van der Waals surface area contributed by atoms with Gasteiger partial charge in [-0.05, 0) is 51.1 Å². The number of nitrogen functional groups attached to an aromatic ring is 2. The summed E-state index contributed by atoms with van der Waals surface area (Å²) in [6.45, 7) is 1.90. The molecule has 0 aliphatic heterocycles. The minimum atomic E-state index is -0.643. The number of halogens is 1. The van der Waals surface area contributed by atoms with Gasteiger partial charge >= 0.3 is 11.9 Å². The molecule has 0 saturated heterocycles. The summed E-state index contributed by atoms with van der Waals surface area (Å²) < 4.78 is 5.52. The number of carbonyl (C=O) groups excluding carboxylic acids is 2. The SMILES string of the molecule is CN(C)CCNC(=O)COc1ccc(CCCC[NH+]=C(N)NC(=O)c2nc(Cl)c(N)nc2N)cc1. The lowest BCUT2D eigenvalue weighted by Crippen LogP contribution is -2.79. The van der Waals surface area contributed by atoms with Crippen LogP contribution < -0.4 is 37.6 Å². The van der Waals surface area contributed by atoms with E-state index in [1.165, 1.54) is 0 Å². The van der Waals surface area contributed by atoms with Crippen molar-refractivity contribution in [3.8, 4) is 5.75 Å². The number of rotatable bonds is 12. The van der Waals surface area contributed by atoms with E-state index in [0.717, 1.165) is 31.4 Å². The summed E-state index contributed by atoms with van der Waals surface area (Å²) >= 11 is 5.79. The Morgan fingerprint density at radius 1 is 1.11 bits per heavy atom. The van der Waals surface area contributed by atoms with Gasteiger partial charge in [-0.2, -0.15) is 0 Å². The molecule has 0 aliphatic carbocycles. The molecule has 13 heteroatoms. The number of ether oxygens (including phenoxy) is 1. The van der Waals surface area contributed by atoms with Gasteiger partial charge in [0.25, 0.3) is 5.91 Å². The van der Waals surface area contributed by atoms with Gasteiger partial charge in [-0.25, -0.2) is 20.1 Å². The molecule has 9 N–H and O–H groups in total. The molecular weight excluding hydrogens is 474 g/mol. The molecule has 35 heavy (non-hydrogen) atoms. The van der Waals surface area contributed by atoms with Gasteiger partial charge in [0, 0.05) is 13.1 Å². The zero-order valence-corrected chi connectivity index (χ0v) is 20.7. The number of likely N-dealkylation sites (N-methyl/N-ethyl adjacent to an activating group) is 1. The maximum atomic E-state index is 12.2. The standard InChI is InChI=1S/C22H32ClN9O3/c1-32(2)12-11-27-16(33)13-35-15-8-6-14(7-9-15)5-3-4-10-28-22(26)31-21(34)17-19(24)30-20(25)18(23)29-17/h6-9H,3-5,10-13H2,1-2H3,(H,27,33)(H4,24,25,30)(H3,26,28,31,34)/p+1. The molecule has 0 atom stereocenters. The van der Waals surface area contributed by atoms with Crippen molar-refractivity contribution >= 4 is 41.0 Å². The van der Waals surface area contributed by atoms with E-state index < -0.39 is 5.91 Å². The highest BCUT2D eigenvalue weighted by molar-refractivity contribution is 6.31. The molecule has 0 fully saturated rings. The van der Waals surface area contributed by atoms with Gasteiger partial charge < -0.3 is 26.4 Å². The second kappa shape index (κ2) is 13.9. The molecule has 190 valence electrons. The number of unbranched alkanes of at least 4 members (excludes halogenated alkanes) is 1. The normalized spacial score (nSPS) is 11.4. The molecule has 12 nitrogen and oxygen atoms in total. The largest absolute Gasteiger partial charge is 0.484 e. The van der Waals surface area contributed by atoms with Crippen molar-refractivity contribution in [3.05, 3.63) is 40.7 Å². The Morgan fingerprint density at radius 2 is 1.83 bits per heavy atom. The summed E-state index contributed by atoms with van der Waals surface area (Å²) in [5.41, 5.74) is 18.0. The van der Waals surface area contributed by atoms with Crippen LogP contribution in [0.3, 0.4) is 0 Å². The molecule has 1 aromatic heterocycles. The molecule has 2 aromatic rings. The zero-order valence-electron chi connectivity index (χ0n) is 19.9. The monoisotopic (exact) mass is 506 g/mol. The number of carbonyl (C=O) groups is 2. The molecule has 0 spiro atoms. The van der Waals surface area contributed by atoms with Crippen LogP contribution in [0.2, 0.25) is 5.15 Å². The quantitative estimate of drug-likeness (QED) is 0.113. The van der Waals surface area contributed by atoms with Crippen LogP contribution in [-0.2, 0) is 11.2 Å². The minimum absolute atomic E-state index is 0.0164. The lowest BCUT2D eigenvalue weighted by Gasteiger charge is -2.11. The first kappa shape index (κ1) is 27.6. The number of benzene rings is 1. The molecular formula is C22H33ClN9O3+. The summed E-state index contributed by atoms with van der Waals surface area (Å²) in [5, 5.41) is 5.14. The third-order valence-electron chi connectivity index (χ3n) is 4.75. The smallest absolute Gasteiger partial charge is 0.348 e. The van der Waals surface area contributed by atoms with E-state index in [4.69, 9.17) is 33.5 Å². The van der Waals surface area contributed by atoms with Gasteiger partial charge in [-0.3, -0.25) is 15.5 Å². The number of anilines is 2. The fourth-order valence-electron chi connectivity index (χ4n) is 2.88.